The Morgan fingerprint density at radius 2 is 1.76 bits per heavy atom. The average molecular weight is 410 g/mol. The van der Waals surface area contributed by atoms with Gasteiger partial charge in [-0.2, -0.15) is 0 Å². The number of aromatic nitrogens is 1. The third kappa shape index (κ3) is 5.36. The van der Waals surface area contributed by atoms with Gasteiger partial charge in [-0.3, -0.25) is 9.78 Å². The number of hydrogen-bond acceptors (Lipinski definition) is 4. The van der Waals surface area contributed by atoms with Crippen molar-refractivity contribution in [2.75, 3.05) is 6.54 Å². The molecule has 29 heavy (non-hydrogen) atoms. The van der Waals surface area contributed by atoms with Crippen molar-refractivity contribution in [2.45, 2.75) is 10.1 Å². The zero-order valence-corrected chi connectivity index (χ0v) is 16.2. The van der Waals surface area contributed by atoms with Crippen molar-refractivity contribution in [1.82, 2.24) is 10.3 Å². The van der Waals surface area contributed by atoms with Crippen LogP contribution in [-0.2, 0) is 14.6 Å². The SMILES string of the molecule is O=C(/C=C/c1ccccc1)NC[C@@H](c1cccnc1)S(=O)(=O)c1ccc(F)cc1. The molecule has 0 unspecified atom stereocenters. The molecule has 0 saturated carbocycles. The van der Waals surface area contributed by atoms with E-state index in [0.29, 0.717) is 5.56 Å². The van der Waals surface area contributed by atoms with Gasteiger partial charge in [-0.15, -0.1) is 0 Å². The second kappa shape index (κ2) is 9.25. The van der Waals surface area contributed by atoms with Crippen molar-refractivity contribution in [3.8, 4) is 0 Å². The van der Waals surface area contributed by atoms with Crippen LogP contribution in [0.1, 0.15) is 16.4 Å². The first-order valence-electron chi connectivity index (χ1n) is 8.87. The fourth-order valence-corrected chi connectivity index (χ4v) is 4.39. The van der Waals surface area contributed by atoms with Gasteiger partial charge in [0, 0.05) is 25.0 Å². The summed E-state index contributed by atoms with van der Waals surface area (Å²) in [6.07, 6.45) is 5.97. The quantitative estimate of drug-likeness (QED) is 0.477. The number of halogens is 1. The number of pyridine rings is 1. The molecule has 1 atom stereocenters. The molecule has 0 aliphatic heterocycles. The highest BCUT2D eigenvalue weighted by atomic mass is 32.2. The van der Waals surface area contributed by atoms with Crippen LogP contribution < -0.4 is 5.32 Å². The second-order valence-electron chi connectivity index (χ2n) is 6.26. The molecule has 0 spiro atoms. The monoisotopic (exact) mass is 410 g/mol. The molecule has 0 fully saturated rings. The van der Waals surface area contributed by atoms with Gasteiger partial charge in [-0.1, -0.05) is 36.4 Å². The largest absolute Gasteiger partial charge is 0.351 e. The maximum absolute atomic E-state index is 13.2. The molecular formula is C22H19FN2O3S. The van der Waals surface area contributed by atoms with Crippen molar-refractivity contribution in [3.05, 3.63) is 102 Å². The van der Waals surface area contributed by atoms with Crippen LogP contribution in [0.25, 0.3) is 6.08 Å². The summed E-state index contributed by atoms with van der Waals surface area (Å²) >= 11 is 0. The molecule has 2 aromatic carbocycles. The zero-order valence-electron chi connectivity index (χ0n) is 15.4. The predicted octanol–water partition coefficient (Wildman–Crippen LogP) is 3.57. The number of rotatable bonds is 7. The van der Waals surface area contributed by atoms with Gasteiger partial charge in [0.1, 0.15) is 11.1 Å². The molecule has 5 nitrogen and oxygen atoms in total. The molecule has 148 valence electrons. The summed E-state index contributed by atoms with van der Waals surface area (Å²) in [4.78, 5) is 16.2. The number of carbonyl (C=O) groups is 1. The van der Waals surface area contributed by atoms with Gasteiger partial charge in [0.15, 0.2) is 9.84 Å². The Kier molecular flexibility index (Phi) is 6.51. The van der Waals surface area contributed by atoms with E-state index in [1.54, 1.807) is 18.2 Å². The standard InChI is InChI=1S/C22H19FN2O3S/c23-19-9-11-20(12-10-19)29(27,28)21(18-7-4-14-24-15-18)16-25-22(26)13-8-17-5-2-1-3-6-17/h1-15,21H,16H2,(H,25,26)/b13-8+/t21-/m0/s1. The maximum atomic E-state index is 13.2. The molecule has 3 rings (SSSR count). The lowest BCUT2D eigenvalue weighted by Gasteiger charge is -2.18. The van der Waals surface area contributed by atoms with Crippen LogP contribution in [0.3, 0.4) is 0 Å². The van der Waals surface area contributed by atoms with E-state index < -0.39 is 26.8 Å². The highest BCUT2D eigenvalue weighted by Crippen LogP contribution is 2.28. The number of benzene rings is 2. The lowest BCUT2D eigenvalue weighted by molar-refractivity contribution is -0.116. The molecule has 1 amide bonds. The van der Waals surface area contributed by atoms with Crippen molar-refractivity contribution < 1.29 is 17.6 Å². The Balaban J connectivity index is 1.80. The highest BCUT2D eigenvalue weighted by Gasteiger charge is 2.29. The molecule has 0 aliphatic rings. The smallest absolute Gasteiger partial charge is 0.244 e. The molecule has 1 N–H and O–H groups in total. The summed E-state index contributed by atoms with van der Waals surface area (Å²) in [5.41, 5.74) is 1.29. The molecule has 0 saturated heterocycles. The van der Waals surface area contributed by atoms with E-state index >= 15 is 0 Å². The van der Waals surface area contributed by atoms with E-state index in [4.69, 9.17) is 0 Å². The summed E-state index contributed by atoms with van der Waals surface area (Å²) < 4.78 is 39.4. The first-order valence-corrected chi connectivity index (χ1v) is 10.4. The first-order chi connectivity index (χ1) is 14.0. The van der Waals surface area contributed by atoms with Gasteiger partial charge in [0.05, 0.1) is 4.90 Å². The van der Waals surface area contributed by atoms with E-state index in [2.05, 4.69) is 10.3 Å². The molecule has 3 aromatic rings. The summed E-state index contributed by atoms with van der Waals surface area (Å²) in [6.45, 7) is -0.149. The Morgan fingerprint density at radius 3 is 2.41 bits per heavy atom. The highest BCUT2D eigenvalue weighted by molar-refractivity contribution is 7.91. The minimum Gasteiger partial charge on any atom is -0.351 e. The molecule has 0 aliphatic carbocycles. The third-order valence-electron chi connectivity index (χ3n) is 4.26. The van der Waals surface area contributed by atoms with Crippen LogP contribution in [0.4, 0.5) is 4.39 Å². The van der Waals surface area contributed by atoms with Crippen LogP contribution in [0.15, 0.2) is 90.1 Å². The van der Waals surface area contributed by atoms with Crippen molar-refractivity contribution >= 4 is 21.8 Å². The lowest BCUT2D eigenvalue weighted by Crippen LogP contribution is -2.31. The minimum absolute atomic E-state index is 0.0261. The van der Waals surface area contributed by atoms with Gasteiger partial charge >= 0.3 is 0 Å². The van der Waals surface area contributed by atoms with Crippen LogP contribution in [0, 0.1) is 5.82 Å². The summed E-state index contributed by atoms with van der Waals surface area (Å²) in [5, 5.41) is 1.57. The predicted molar refractivity (Wildman–Crippen MR) is 109 cm³/mol. The van der Waals surface area contributed by atoms with E-state index in [9.17, 15) is 17.6 Å². The number of amides is 1. The Hall–Kier alpha value is -3.32. The maximum Gasteiger partial charge on any atom is 0.244 e. The lowest BCUT2D eigenvalue weighted by atomic mass is 10.2. The second-order valence-corrected chi connectivity index (χ2v) is 8.39. The Bertz CT molecular complexity index is 1080. The number of nitrogens with one attached hydrogen (secondary N) is 1. The van der Waals surface area contributed by atoms with E-state index in [-0.39, 0.29) is 11.4 Å². The molecule has 1 heterocycles. The molecule has 0 radical (unpaired) electrons. The number of sulfone groups is 1. The van der Waals surface area contributed by atoms with Crippen molar-refractivity contribution in [1.29, 1.82) is 0 Å². The fourth-order valence-electron chi connectivity index (χ4n) is 2.75. The molecule has 0 bridgehead atoms. The summed E-state index contributed by atoms with van der Waals surface area (Å²) in [7, 11) is -3.88. The summed E-state index contributed by atoms with van der Waals surface area (Å²) in [5.74, 6) is -0.946. The third-order valence-corrected chi connectivity index (χ3v) is 6.38. The fraction of sp³-hybridized carbons (Fsp3) is 0.0909. The topological polar surface area (TPSA) is 76.1 Å². The van der Waals surface area contributed by atoms with Gasteiger partial charge in [0.2, 0.25) is 5.91 Å². The minimum atomic E-state index is -3.88. The van der Waals surface area contributed by atoms with Crippen LogP contribution >= 0.6 is 0 Å². The number of carbonyl (C=O) groups excluding carboxylic acids is 1. The molecular weight excluding hydrogens is 391 g/mol. The van der Waals surface area contributed by atoms with Crippen LogP contribution in [0.5, 0.6) is 0 Å². The van der Waals surface area contributed by atoms with Crippen molar-refractivity contribution in [3.63, 3.8) is 0 Å². The van der Waals surface area contributed by atoms with Gasteiger partial charge in [-0.25, -0.2) is 12.8 Å². The average Bonchev–Trinajstić information content (AvgIpc) is 2.74. The number of nitrogens with zero attached hydrogens (tertiary/aromatic N) is 1. The molecule has 7 heteroatoms. The van der Waals surface area contributed by atoms with Crippen LogP contribution in [0.2, 0.25) is 0 Å². The van der Waals surface area contributed by atoms with Gasteiger partial charge in [-0.05, 0) is 47.5 Å². The normalized spacial score (nSPS) is 12.6. The molecule has 1 aromatic heterocycles. The van der Waals surface area contributed by atoms with Gasteiger partial charge in [0.25, 0.3) is 0 Å². The zero-order chi connectivity index (χ0) is 20.7. The number of hydrogen-bond donors (Lipinski definition) is 1. The van der Waals surface area contributed by atoms with Crippen molar-refractivity contribution in [2.24, 2.45) is 0 Å². The summed E-state index contributed by atoms with van der Waals surface area (Å²) in [6, 6.07) is 17.1. The van der Waals surface area contributed by atoms with E-state index in [1.165, 1.54) is 30.6 Å². The van der Waals surface area contributed by atoms with E-state index in [0.717, 1.165) is 17.7 Å². The van der Waals surface area contributed by atoms with Gasteiger partial charge < -0.3 is 5.32 Å². The van der Waals surface area contributed by atoms with Crippen LogP contribution in [-0.4, -0.2) is 25.9 Å². The Morgan fingerprint density at radius 1 is 1.03 bits per heavy atom. The van der Waals surface area contributed by atoms with E-state index in [1.807, 2.05) is 30.3 Å². The Labute approximate surface area is 168 Å². The first kappa shape index (κ1) is 20.4.